The molecule has 0 aliphatic heterocycles. The first-order chi connectivity index (χ1) is 6.97. The van der Waals surface area contributed by atoms with Crippen LogP contribution >= 0.6 is 0 Å². The normalized spacial score (nSPS) is 14.0. The van der Waals surface area contributed by atoms with E-state index < -0.39 is 40.1 Å². The molecule has 0 aliphatic rings. The fourth-order valence-corrected chi connectivity index (χ4v) is 7.52. The minimum atomic E-state index is -4.27. The molecule has 0 saturated carbocycles. The Bertz CT molecular complexity index is 410. The average Bonchev–Trinajstić information content (AvgIpc) is 1.97. The van der Waals surface area contributed by atoms with Crippen molar-refractivity contribution in [1.29, 1.82) is 0 Å². The topological polar surface area (TPSA) is 97.7 Å². The third-order valence-corrected chi connectivity index (χ3v) is 8.00. The van der Waals surface area contributed by atoms with Crippen LogP contribution < -0.4 is 0 Å². The molecule has 0 saturated heterocycles. The van der Waals surface area contributed by atoms with E-state index in [1.54, 1.807) is 13.1 Å². The highest BCUT2D eigenvalue weighted by molar-refractivity contribution is 7.90. The van der Waals surface area contributed by atoms with Crippen LogP contribution in [0.3, 0.4) is 0 Å². The van der Waals surface area contributed by atoms with Crippen molar-refractivity contribution in [1.82, 2.24) is 0 Å². The van der Waals surface area contributed by atoms with Crippen LogP contribution in [-0.2, 0) is 24.1 Å². The molecule has 6 nitrogen and oxygen atoms in total. The van der Waals surface area contributed by atoms with Gasteiger partial charge < -0.3 is 3.87 Å². The van der Waals surface area contributed by atoms with Crippen molar-refractivity contribution < 1.29 is 25.3 Å². The second kappa shape index (κ2) is 5.58. The average molecular weight is 290 g/mol. The summed E-state index contributed by atoms with van der Waals surface area (Å²) < 4.78 is 57.1. The zero-order valence-electron chi connectivity index (χ0n) is 9.63. The lowest BCUT2D eigenvalue weighted by Gasteiger charge is -2.21. The van der Waals surface area contributed by atoms with Crippen LogP contribution in [-0.4, -0.2) is 41.2 Å². The smallest absolute Gasteiger partial charge is 0.265 e. The van der Waals surface area contributed by atoms with Gasteiger partial charge >= 0.3 is 0 Å². The van der Waals surface area contributed by atoms with Gasteiger partial charge in [0.15, 0.2) is 0 Å². The Morgan fingerprint density at radius 2 is 1.62 bits per heavy atom. The molecule has 0 radical (unpaired) electrons. The molecule has 0 unspecified atom stereocenters. The van der Waals surface area contributed by atoms with Crippen LogP contribution in [0.1, 0.15) is 13.3 Å². The lowest BCUT2D eigenvalue weighted by molar-refractivity contribution is 0.471. The summed E-state index contributed by atoms with van der Waals surface area (Å²) in [5.74, 6) is -1.53. The van der Waals surface area contributed by atoms with E-state index >= 15 is 0 Å². The summed E-state index contributed by atoms with van der Waals surface area (Å²) in [6.07, 6.45) is 0.813. The summed E-state index contributed by atoms with van der Waals surface area (Å²) in [6.45, 7) is 5.42. The molecule has 0 bridgehead atoms. The van der Waals surface area contributed by atoms with Crippen LogP contribution in [0.4, 0.5) is 0 Å². The van der Waals surface area contributed by atoms with Gasteiger partial charge in [-0.2, -0.15) is 8.42 Å². The third kappa shape index (κ3) is 8.22. The van der Waals surface area contributed by atoms with Crippen molar-refractivity contribution in [2.24, 2.45) is 0 Å². The number of hydrogen-bond donors (Lipinski definition) is 1. The first kappa shape index (κ1) is 16.0. The van der Waals surface area contributed by atoms with E-state index in [1.807, 2.05) is 6.92 Å². The van der Waals surface area contributed by atoms with Gasteiger partial charge in [-0.15, -0.1) is 0 Å². The standard InChI is InChI=1S/C7H18O6S2Si/c1-4-7-16(2,3)13-15(11,12)6-5-14(8,9)10/h4-7H2,1-3H3,(H,8,9,10). The first-order valence-electron chi connectivity index (χ1n) is 4.86. The maximum atomic E-state index is 11.4. The molecule has 0 aromatic rings. The Hall–Kier alpha value is 0.0369. The molecule has 0 spiro atoms. The van der Waals surface area contributed by atoms with Crippen molar-refractivity contribution in [3.05, 3.63) is 0 Å². The van der Waals surface area contributed by atoms with E-state index in [0.29, 0.717) is 6.04 Å². The molecule has 16 heavy (non-hydrogen) atoms. The van der Waals surface area contributed by atoms with E-state index in [-0.39, 0.29) is 0 Å². The predicted octanol–water partition coefficient (Wildman–Crippen LogP) is 0.836. The van der Waals surface area contributed by atoms with Gasteiger partial charge in [0, 0.05) is 0 Å². The summed E-state index contributed by atoms with van der Waals surface area (Å²) in [4.78, 5) is 0. The summed E-state index contributed by atoms with van der Waals surface area (Å²) in [5, 5.41) is 0. The van der Waals surface area contributed by atoms with Crippen molar-refractivity contribution in [2.45, 2.75) is 32.5 Å². The Balaban J connectivity index is 4.48. The van der Waals surface area contributed by atoms with Gasteiger partial charge in [-0.1, -0.05) is 13.3 Å². The summed E-state index contributed by atoms with van der Waals surface area (Å²) in [7, 11) is -10.4. The molecular weight excluding hydrogens is 272 g/mol. The third-order valence-electron chi connectivity index (χ3n) is 1.80. The van der Waals surface area contributed by atoms with Crippen molar-refractivity contribution in [3.63, 3.8) is 0 Å². The van der Waals surface area contributed by atoms with Crippen LogP contribution in [0.15, 0.2) is 0 Å². The molecule has 98 valence electrons. The van der Waals surface area contributed by atoms with Gasteiger partial charge in [0.25, 0.3) is 20.2 Å². The minimum Gasteiger partial charge on any atom is -0.315 e. The van der Waals surface area contributed by atoms with E-state index in [2.05, 4.69) is 0 Å². The zero-order chi connectivity index (χ0) is 13.0. The van der Waals surface area contributed by atoms with Gasteiger partial charge in [-0.25, -0.2) is 8.42 Å². The molecule has 0 heterocycles. The van der Waals surface area contributed by atoms with Crippen LogP contribution in [0.25, 0.3) is 0 Å². The maximum absolute atomic E-state index is 11.4. The molecule has 0 rings (SSSR count). The molecule has 0 aromatic carbocycles. The van der Waals surface area contributed by atoms with Gasteiger partial charge in [0.2, 0.25) is 8.32 Å². The van der Waals surface area contributed by atoms with Crippen molar-refractivity contribution >= 4 is 28.6 Å². The molecule has 0 atom stereocenters. The van der Waals surface area contributed by atoms with Gasteiger partial charge in [0.05, 0.1) is 11.5 Å². The lowest BCUT2D eigenvalue weighted by atomic mass is 10.6. The molecule has 9 heteroatoms. The van der Waals surface area contributed by atoms with Crippen LogP contribution in [0.2, 0.25) is 19.1 Å². The lowest BCUT2D eigenvalue weighted by Crippen LogP contribution is -2.35. The Labute approximate surface area is 98.0 Å². The monoisotopic (exact) mass is 290 g/mol. The van der Waals surface area contributed by atoms with Crippen LogP contribution in [0, 0.1) is 0 Å². The largest absolute Gasteiger partial charge is 0.315 e. The highest BCUT2D eigenvalue weighted by atomic mass is 32.2. The van der Waals surface area contributed by atoms with Crippen molar-refractivity contribution in [3.8, 4) is 0 Å². The predicted molar refractivity (Wildman–Crippen MR) is 63.9 cm³/mol. The van der Waals surface area contributed by atoms with Gasteiger partial charge in [-0.3, -0.25) is 4.55 Å². The number of hydrogen-bond acceptors (Lipinski definition) is 5. The van der Waals surface area contributed by atoms with E-state index in [9.17, 15) is 16.8 Å². The Morgan fingerprint density at radius 1 is 1.12 bits per heavy atom. The summed E-state index contributed by atoms with van der Waals surface area (Å²) in [5.41, 5.74) is 0. The van der Waals surface area contributed by atoms with Crippen molar-refractivity contribution in [2.75, 3.05) is 11.5 Å². The second-order valence-corrected chi connectivity index (χ2v) is 11.9. The second-order valence-electron chi connectivity index (χ2n) is 4.14. The molecule has 0 amide bonds. The fraction of sp³-hybridized carbons (Fsp3) is 1.00. The van der Waals surface area contributed by atoms with E-state index in [1.165, 1.54) is 0 Å². The maximum Gasteiger partial charge on any atom is 0.265 e. The molecular formula is C7H18O6S2Si. The molecule has 0 fully saturated rings. The zero-order valence-corrected chi connectivity index (χ0v) is 12.3. The first-order valence-corrected chi connectivity index (χ1v) is 11.2. The van der Waals surface area contributed by atoms with Crippen LogP contribution in [0.5, 0.6) is 0 Å². The van der Waals surface area contributed by atoms with Gasteiger partial charge in [0.1, 0.15) is 0 Å². The minimum absolute atomic E-state index is 0.679. The molecule has 1 N–H and O–H groups in total. The number of rotatable bonds is 7. The van der Waals surface area contributed by atoms with Gasteiger partial charge in [-0.05, 0) is 19.1 Å². The highest BCUT2D eigenvalue weighted by Gasteiger charge is 2.29. The summed E-state index contributed by atoms with van der Waals surface area (Å²) in [6, 6.07) is 0.679. The molecule has 0 aliphatic carbocycles. The Morgan fingerprint density at radius 3 is 2.00 bits per heavy atom. The summed E-state index contributed by atoms with van der Waals surface area (Å²) >= 11 is 0. The van der Waals surface area contributed by atoms with E-state index in [4.69, 9.17) is 8.42 Å². The van der Waals surface area contributed by atoms with E-state index in [0.717, 1.165) is 6.42 Å². The quantitative estimate of drug-likeness (QED) is 0.551. The molecule has 0 aromatic heterocycles. The Kier molecular flexibility index (Phi) is 5.60. The fourth-order valence-electron chi connectivity index (χ4n) is 1.24. The highest BCUT2D eigenvalue weighted by Crippen LogP contribution is 2.16. The SMILES string of the molecule is CCC[Si](C)(C)OS(=O)(=O)CCS(=O)(=O)O.